The second-order valence-electron chi connectivity index (χ2n) is 3.67. The number of carboxylic acid groups (broad SMARTS) is 1. The van der Waals surface area contributed by atoms with Gasteiger partial charge in [-0.05, 0) is 18.2 Å². The third kappa shape index (κ3) is 2.76. The van der Waals surface area contributed by atoms with Gasteiger partial charge in [-0.2, -0.15) is 0 Å². The van der Waals surface area contributed by atoms with Crippen molar-refractivity contribution in [3.8, 4) is 11.1 Å². The highest BCUT2D eigenvalue weighted by Crippen LogP contribution is 2.37. The highest BCUT2D eigenvalue weighted by Gasteiger charge is 2.17. The van der Waals surface area contributed by atoms with Crippen LogP contribution >= 0.6 is 34.8 Å². The van der Waals surface area contributed by atoms with Gasteiger partial charge in [0.05, 0.1) is 10.0 Å². The lowest BCUT2D eigenvalue weighted by atomic mass is 10.0. The zero-order valence-corrected chi connectivity index (χ0v) is 11.5. The van der Waals surface area contributed by atoms with Gasteiger partial charge < -0.3 is 10.1 Å². The molecular formula is C12H6Cl3NO3. The highest BCUT2D eigenvalue weighted by atomic mass is 35.5. The number of halogens is 3. The van der Waals surface area contributed by atoms with E-state index in [1.165, 1.54) is 24.3 Å². The number of aromatic nitrogens is 1. The average Bonchev–Trinajstić information content (AvgIpc) is 2.34. The molecular weight excluding hydrogens is 312 g/mol. The second kappa shape index (κ2) is 5.25. The number of rotatable bonds is 2. The zero-order chi connectivity index (χ0) is 14.2. The minimum atomic E-state index is -1.28. The quantitative estimate of drug-likeness (QED) is 0.829. The number of carbonyl (C=O) groups is 1. The lowest BCUT2D eigenvalue weighted by Gasteiger charge is -2.09. The summed E-state index contributed by atoms with van der Waals surface area (Å²) in [6, 6.07) is 5.49. The molecule has 0 aliphatic rings. The van der Waals surface area contributed by atoms with E-state index >= 15 is 0 Å². The van der Waals surface area contributed by atoms with E-state index < -0.39 is 11.5 Å². The zero-order valence-electron chi connectivity index (χ0n) is 9.21. The van der Waals surface area contributed by atoms with Gasteiger partial charge in [-0.1, -0.05) is 34.8 Å². The van der Waals surface area contributed by atoms with E-state index in [0.29, 0.717) is 10.6 Å². The molecule has 0 unspecified atom stereocenters. The number of hydrogen-bond donors (Lipinski definition) is 2. The Kier molecular flexibility index (Phi) is 3.85. The molecule has 0 atom stereocenters. The topological polar surface area (TPSA) is 70.2 Å². The predicted octanol–water partition coefficient (Wildman–Crippen LogP) is 3.70. The van der Waals surface area contributed by atoms with Crippen LogP contribution in [0.2, 0.25) is 15.1 Å². The monoisotopic (exact) mass is 317 g/mol. The summed E-state index contributed by atoms with van der Waals surface area (Å²) in [5.41, 5.74) is -0.215. The van der Waals surface area contributed by atoms with Crippen LogP contribution in [-0.2, 0) is 0 Å². The number of aromatic amines is 1. The molecule has 0 saturated carbocycles. The third-order valence-corrected chi connectivity index (χ3v) is 3.44. The van der Waals surface area contributed by atoms with Crippen LogP contribution in [0.5, 0.6) is 0 Å². The number of nitrogens with one attached hydrogen (secondary N) is 1. The Hall–Kier alpha value is -1.49. The molecule has 0 bridgehead atoms. The molecule has 4 nitrogen and oxygen atoms in total. The van der Waals surface area contributed by atoms with E-state index in [4.69, 9.17) is 39.9 Å². The van der Waals surface area contributed by atoms with Crippen molar-refractivity contribution in [3.05, 3.63) is 55.4 Å². The predicted molar refractivity (Wildman–Crippen MR) is 74.5 cm³/mol. The van der Waals surface area contributed by atoms with Gasteiger partial charge in [0, 0.05) is 22.2 Å². The molecule has 0 amide bonds. The average molecular weight is 319 g/mol. The Morgan fingerprint density at radius 2 is 1.79 bits per heavy atom. The lowest BCUT2D eigenvalue weighted by molar-refractivity contribution is 0.0691. The standard InChI is InChI=1S/C12H6Cl3NO3/c13-5-3-7(10(15)8(14)4-5)6-1-2-9(17)16-11(6)12(18)19/h1-4H,(H,16,17)(H,18,19). The molecule has 1 aromatic heterocycles. The van der Waals surface area contributed by atoms with Crippen LogP contribution in [0.25, 0.3) is 11.1 Å². The first-order valence-corrected chi connectivity index (χ1v) is 6.15. The Labute approximate surface area is 122 Å². The molecule has 19 heavy (non-hydrogen) atoms. The first-order valence-electron chi connectivity index (χ1n) is 5.01. The molecule has 98 valence electrons. The summed E-state index contributed by atoms with van der Waals surface area (Å²) >= 11 is 17.8. The largest absolute Gasteiger partial charge is 0.477 e. The van der Waals surface area contributed by atoms with Crippen molar-refractivity contribution in [3.63, 3.8) is 0 Å². The minimum absolute atomic E-state index is 0.167. The maximum atomic E-state index is 11.2. The van der Waals surface area contributed by atoms with Crippen LogP contribution in [0.1, 0.15) is 10.5 Å². The van der Waals surface area contributed by atoms with E-state index in [-0.39, 0.29) is 21.3 Å². The van der Waals surface area contributed by atoms with E-state index in [1.54, 1.807) is 0 Å². The Morgan fingerprint density at radius 3 is 2.42 bits per heavy atom. The fraction of sp³-hybridized carbons (Fsp3) is 0. The molecule has 2 N–H and O–H groups in total. The SMILES string of the molecule is O=C(O)c1[nH]c(=O)ccc1-c1cc(Cl)cc(Cl)c1Cl. The van der Waals surface area contributed by atoms with Crippen LogP contribution in [0, 0.1) is 0 Å². The molecule has 0 radical (unpaired) electrons. The number of carboxylic acids is 1. The van der Waals surface area contributed by atoms with Crippen molar-refractivity contribution in [1.82, 2.24) is 4.98 Å². The summed E-state index contributed by atoms with van der Waals surface area (Å²) in [6.07, 6.45) is 0. The lowest BCUT2D eigenvalue weighted by Crippen LogP contribution is -2.13. The summed E-state index contributed by atoms with van der Waals surface area (Å²) in [5.74, 6) is -1.28. The van der Waals surface area contributed by atoms with Crippen LogP contribution in [0.15, 0.2) is 29.1 Å². The molecule has 7 heteroatoms. The molecule has 0 saturated heterocycles. The number of hydrogen-bond acceptors (Lipinski definition) is 2. The summed E-state index contributed by atoms with van der Waals surface area (Å²) in [5, 5.41) is 9.78. The molecule has 0 fully saturated rings. The Morgan fingerprint density at radius 1 is 1.11 bits per heavy atom. The molecule has 2 rings (SSSR count). The Bertz CT molecular complexity index is 725. The van der Waals surface area contributed by atoms with Gasteiger partial charge in [0.2, 0.25) is 5.56 Å². The van der Waals surface area contributed by atoms with E-state index in [2.05, 4.69) is 4.98 Å². The second-order valence-corrected chi connectivity index (χ2v) is 4.89. The smallest absolute Gasteiger partial charge is 0.353 e. The molecule has 0 aliphatic carbocycles. The first kappa shape index (κ1) is 13.9. The van der Waals surface area contributed by atoms with Crippen molar-refractivity contribution in [1.29, 1.82) is 0 Å². The summed E-state index contributed by atoms with van der Waals surface area (Å²) in [6.45, 7) is 0. The normalized spacial score (nSPS) is 10.5. The van der Waals surface area contributed by atoms with Crippen LogP contribution in [0.3, 0.4) is 0 Å². The fourth-order valence-electron chi connectivity index (χ4n) is 1.62. The molecule has 1 aromatic carbocycles. The summed E-state index contributed by atoms with van der Waals surface area (Å²) in [7, 11) is 0. The molecule has 0 spiro atoms. The van der Waals surface area contributed by atoms with Crippen molar-refractivity contribution < 1.29 is 9.90 Å². The molecule has 1 heterocycles. The van der Waals surface area contributed by atoms with Gasteiger partial charge in [0.1, 0.15) is 5.69 Å². The number of aromatic carboxylic acids is 1. The van der Waals surface area contributed by atoms with Crippen molar-refractivity contribution in [2.45, 2.75) is 0 Å². The van der Waals surface area contributed by atoms with Crippen LogP contribution in [-0.4, -0.2) is 16.1 Å². The fourth-order valence-corrected chi connectivity index (χ4v) is 2.32. The van der Waals surface area contributed by atoms with Gasteiger partial charge in [-0.25, -0.2) is 4.79 Å². The van der Waals surface area contributed by atoms with Gasteiger partial charge in [0.25, 0.3) is 0 Å². The number of pyridine rings is 1. The van der Waals surface area contributed by atoms with Crippen molar-refractivity contribution >= 4 is 40.8 Å². The van der Waals surface area contributed by atoms with Gasteiger partial charge in [-0.15, -0.1) is 0 Å². The van der Waals surface area contributed by atoms with Gasteiger partial charge >= 0.3 is 5.97 Å². The van der Waals surface area contributed by atoms with Crippen LogP contribution in [0.4, 0.5) is 0 Å². The maximum Gasteiger partial charge on any atom is 0.353 e. The molecule has 0 aliphatic heterocycles. The summed E-state index contributed by atoms with van der Waals surface area (Å²) < 4.78 is 0. The van der Waals surface area contributed by atoms with E-state index in [1.807, 2.05) is 0 Å². The molecule has 2 aromatic rings. The van der Waals surface area contributed by atoms with Gasteiger partial charge in [0.15, 0.2) is 0 Å². The number of benzene rings is 1. The Balaban J connectivity index is 2.79. The van der Waals surface area contributed by atoms with Gasteiger partial charge in [-0.3, -0.25) is 4.79 Å². The third-order valence-electron chi connectivity index (χ3n) is 2.42. The van der Waals surface area contributed by atoms with E-state index in [9.17, 15) is 9.59 Å². The number of H-pyrrole nitrogens is 1. The first-order chi connectivity index (χ1) is 8.90. The van der Waals surface area contributed by atoms with Crippen molar-refractivity contribution in [2.75, 3.05) is 0 Å². The maximum absolute atomic E-state index is 11.2. The van der Waals surface area contributed by atoms with E-state index in [0.717, 1.165) is 0 Å². The minimum Gasteiger partial charge on any atom is -0.477 e. The summed E-state index contributed by atoms with van der Waals surface area (Å²) in [4.78, 5) is 24.6. The highest BCUT2D eigenvalue weighted by molar-refractivity contribution is 6.45. The van der Waals surface area contributed by atoms with Crippen molar-refractivity contribution in [2.24, 2.45) is 0 Å². The van der Waals surface area contributed by atoms with Crippen LogP contribution < -0.4 is 5.56 Å².